The highest BCUT2D eigenvalue weighted by Gasteiger charge is 2.28. The van der Waals surface area contributed by atoms with E-state index in [2.05, 4.69) is 33.0 Å². The molecule has 1 aromatic carbocycles. The van der Waals surface area contributed by atoms with Crippen LogP contribution in [0.25, 0.3) is 0 Å². The first kappa shape index (κ1) is 12.4. The second-order valence-corrected chi connectivity index (χ2v) is 5.31. The summed E-state index contributed by atoms with van der Waals surface area (Å²) in [5.41, 5.74) is 7.74. The smallest absolute Gasteiger partial charge is 0.0635 e. The molecule has 0 saturated heterocycles. The third kappa shape index (κ3) is 3.45. The van der Waals surface area contributed by atoms with Crippen molar-refractivity contribution in [2.24, 2.45) is 0 Å². The number of nitrogen functional groups attached to an aromatic ring is 1. The van der Waals surface area contributed by atoms with Gasteiger partial charge in [-0.2, -0.15) is 5.26 Å². The largest absolute Gasteiger partial charge is 0.399 e. The molecule has 0 unspecified atom stereocenters. The van der Waals surface area contributed by atoms with E-state index in [0.29, 0.717) is 12.5 Å². The second-order valence-electron chi connectivity index (χ2n) is 4.46. The first-order valence-corrected chi connectivity index (χ1v) is 6.65. The van der Waals surface area contributed by atoms with Crippen LogP contribution in [0.1, 0.15) is 24.8 Å². The number of nitriles is 1. The molecule has 0 heterocycles. The van der Waals surface area contributed by atoms with Gasteiger partial charge in [0.25, 0.3) is 0 Å². The van der Waals surface area contributed by atoms with Crippen LogP contribution in [0.15, 0.2) is 22.7 Å². The van der Waals surface area contributed by atoms with Crippen molar-refractivity contribution in [2.75, 3.05) is 12.3 Å². The predicted molar refractivity (Wildman–Crippen MR) is 72.2 cm³/mol. The molecule has 1 aromatic rings. The van der Waals surface area contributed by atoms with Crippen molar-refractivity contribution in [3.63, 3.8) is 0 Å². The van der Waals surface area contributed by atoms with Crippen molar-refractivity contribution in [1.29, 1.82) is 5.26 Å². The molecular weight excluding hydrogens is 278 g/mol. The number of anilines is 1. The number of halogens is 1. The fourth-order valence-electron chi connectivity index (χ4n) is 1.93. The molecule has 1 aliphatic carbocycles. The zero-order chi connectivity index (χ0) is 12.3. The third-order valence-corrected chi connectivity index (χ3v) is 3.76. The molecule has 1 fully saturated rings. The fraction of sp³-hybridized carbons (Fsp3) is 0.462. The van der Waals surface area contributed by atoms with E-state index in [9.17, 15) is 0 Å². The quantitative estimate of drug-likeness (QED) is 0.850. The molecule has 1 saturated carbocycles. The number of nitrogens with zero attached hydrogens (tertiary/aromatic N) is 2. The van der Waals surface area contributed by atoms with Crippen LogP contribution in [0.3, 0.4) is 0 Å². The van der Waals surface area contributed by atoms with E-state index in [-0.39, 0.29) is 0 Å². The highest BCUT2D eigenvalue weighted by Crippen LogP contribution is 2.30. The van der Waals surface area contributed by atoms with E-state index < -0.39 is 0 Å². The van der Waals surface area contributed by atoms with Gasteiger partial charge in [0, 0.05) is 35.7 Å². The fourth-order valence-corrected chi connectivity index (χ4v) is 2.46. The molecule has 1 aliphatic rings. The Bertz CT molecular complexity index is 435. The van der Waals surface area contributed by atoms with Crippen LogP contribution >= 0.6 is 15.9 Å². The highest BCUT2D eigenvalue weighted by molar-refractivity contribution is 9.10. The maximum absolute atomic E-state index is 8.67. The Balaban J connectivity index is 2.03. The summed E-state index contributed by atoms with van der Waals surface area (Å²) in [6, 6.07) is 8.81. The van der Waals surface area contributed by atoms with Gasteiger partial charge in [0.15, 0.2) is 0 Å². The summed E-state index contributed by atoms with van der Waals surface area (Å²) in [4.78, 5) is 2.39. The monoisotopic (exact) mass is 293 g/mol. The molecule has 3 nitrogen and oxygen atoms in total. The molecule has 0 amide bonds. The maximum atomic E-state index is 8.67. The van der Waals surface area contributed by atoms with Crippen molar-refractivity contribution < 1.29 is 0 Å². The molecule has 0 atom stereocenters. The summed E-state index contributed by atoms with van der Waals surface area (Å²) in [5.74, 6) is 0. The van der Waals surface area contributed by atoms with Gasteiger partial charge in [-0.05, 0) is 30.5 Å². The van der Waals surface area contributed by atoms with Crippen molar-refractivity contribution in [1.82, 2.24) is 4.90 Å². The second kappa shape index (κ2) is 5.52. The Labute approximate surface area is 110 Å². The van der Waals surface area contributed by atoms with Gasteiger partial charge >= 0.3 is 0 Å². The van der Waals surface area contributed by atoms with Crippen LogP contribution in [0.2, 0.25) is 0 Å². The molecule has 0 bridgehead atoms. The zero-order valence-electron chi connectivity index (χ0n) is 9.69. The predicted octanol–water partition coefficient (Wildman–Crippen LogP) is 2.91. The Kier molecular flexibility index (Phi) is 4.03. The Morgan fingerprint density at radius 3 is 2.82 bits per heavy atom. The molecule has 0 aromatic heterocycles. The minimum absolute atomic E-state index is 0.600. The summed E-state index contributed by atoms with van der Waals surface area (Å²) >= 11 is 3.54. The van der Waals surface area contributed by atoms with E-state index in [0.717, 1.165) is 23.2 Å². The SMILES string of the molecule is N#CCCN(Cc1ccc(N)cc1Br)C1CC1. The van der Waals surface area contributed by atoms with Crippen LogP contribution < -0.4 is 5.73 Å². The number of hydrogen-bond donors (Lipinski definition) is 1. The minimum Gasteiger partial charge on any atom is -0.399 e. The van der Waals surface area contributed by atoms with Crippen molar-refractivity contribution >= 4 is 21.6 Å². The third-order valence-electron chi connectivity index (χ3n) is 3.02. The topological polar surface area (TPSA) is 53.0 Å². The lowest BCUT2D eigenvalue weighted by Crippen LogP contribution is -2.26. The van der Waals surface area contributed by atoms with Crippen molar-refractivity contribution in [2.45, 2.75) is 31.8 Å². The number of nitrogens with two attached hydrogens (primary N) is 1. The summed E-state index contributed by atoms with van der Waals surface area (Å²) < 4.78 is 1.06. The molecular formula is C13H16BrN3. The molecule has 0 spiro atoms. The first-order valence-electron chi connectivity index (χ1n) is 5.85. The van der Waals surface area contributed by atoms with E-state index in [1.807, 2.05) is 12.1 Å². The lowest BCUT2D eigenvalue weighted by Gasteiger charge is -2.21. The summed E-state index contributed by atoms with van der Waals surface area (Å²) in [6.07, 6.45) is 3.12. The molecule has 4 heteroatoms. The molecule has 0 radical (unpaired) electrons. The molecule has 0 aliphatic heterocycles. The van der Waals surface area contributed by atoms with Gasteiger partial charge in [0.1, 0.15) is 0 Å². The lowest BCUT2D eigenvalue weighted by molar-refractivity contribution is 0.260. The molecule has 90 valence electrons. The van der Waals surface area contributed by atoms with Crippen LogP contribution in [0, 0.1) is 11.3 Å². The Morgan fingerprint density at radius 1 is 1.47 bits per heavy atom. The van der Waals surface area contributed by atoms with Crippen molar-refractivity contribution in [3.8, 4) is 6.07 Å². The van der Waals surface area contributed by atoms with Gasteiger partial charge in [0.2, 0.25) is 0 Å². The van der Waals surface area contributed by atoms with Gasteiger partial charge in [-0.3, -0.25) is 4.90 Å². The van der Waals surface area contributed by atoms with Gasteiger partial charge in [-0.25, -0.2) is 0 Å². The Morgan fingerprint density at radius 2 is 2.24 bits per heavy atom. The van der Waals surface area contributed by atoms with E-state index in [4.69, 9.17) is 11.0 Å². The zero-order valence-corrected chi connectivity index (χ0v) is 11.3. The summed E-state index contributed by atoms with van der Waals surface area (Å²) in [6.45, 7) is 1.76. The number of rotatable bonds is 5. The van der Waals surface area contributed by atoms with E-state index >= 15 is 0 Å². The highest BCUT2D eigenvalue weighted by atomic mass is 79.9. The molecule has 2 rings (SSSR count). The maximum Gasteiger partial charge on any atom is 0.0635 e. The summed E-state index contributed by atoms with van der Waals surface area (Å²) in [5, 5.41) is 8.67. The van der Waals surface area contributed by atoms with E-state index in [1.54, 1.807) is 0 Å². The first-order chi connectivity index (χ1) is 8.20. The van der Waals surface area contributed by atoms with E-state index in [1.165, 1.54) is 18.4 Å². The lowest BCUT2D eigenvalue weighted by atomic mass is 10.2. The number of hydrogen-bond acceptors (Lipinski definition) is 3. The minimum atomic E-state index is 0.600. The van der Waals surface area contributed by atoms with Crippen LogP contribution in [-0.2, 0) is 6.54 Å². The van der Waals surface area contributed by atoms with Gasteiger partial charge in [-0.15, -0.1) is 0 Å². The number of benzene rings is 1. The van der Waals surface area contributed by atoms with Gasteiger partial charge in [-0.1, -0.05) is 22.0 Å². The van der Waals surface area contributed by atoms with Gasteiger partial charge in [0.05, 0.1) is 6.07 Å². The average Bonchev–Trinajstić information content (AvgIpc) is 3.11. The normalized spacial score (nSPS) is 14.9. The average molecular weight is 294 g/mol. The summed E-state index contributed by atoms with van der Waals surface area (Å²) in [7, 11) is 0. The molecule has 2 N–H and O–H groups in total. The standard InChI is InChI=1S/C13H16BrN3/c14-13-8-11(16)3-2-10(13)9-17(7-1-6-15)12-4-5-12/h2-3,8,12H,1,4-5,7,9,16H2. The van der Waals surface area contributed by atoms with Crippen LogP contribution in [0.5, 0.6) is 0 Å². The Hall–Kier alpha value is -1.05. The van der Waals surface area contributed by atoms with Crippen molar-refractivity contribution in [3.05, 3.63) is 28.2 Å². The van der Waals surface area contributed by atoms with Crippen LogP contribution in [-0.4, -0.2) is 17.5 Å². The van der Waals surface area contributed by atoms with Crippen LogP contribution in [0.4, 0.5) is 5.69 Å². The van der Waals surface area contributed by atoms with Gasteiger partial charge < -0.3 is 5.73 Å². The molecule has 17 heavy (non-hydrogen) atoms.